The van der Waals surface area contributed by atoms with E-state index in [0.717, 1.165) is 27.6 Å². The molecule has 6 nitrogen and oxygen atoms in total. The quantitative estimate of drug-likeness (QED) is 0.276. The Bertz CT molecular complexity index is 1350. The number of nitrogens with one attached hydrogen (secondary N) is 1. The third-order valence-corrected chi connectivity index (χ3v) is 9.04. The fourth-order valence-electron chi connectivity index (χ4n) is 2.70. The Morgan fingerprint density at radius 3 is 1.39 bits per heavy atom. The van der Waals surface area contributed by atoms with E-state index in [1.165, 1.54) is 0 Å². The summed E-state index contributed by atoms with van der Waals surface area (Å²) in [6.45, 7) is 0. The fraction of sp³-hybridized carbons (Fsp3) is 0. The lowest BCUT2D eigenvalue weighted by atomic mass is 10.3. The topological polar surface area (TPSA) is 55.3 Å². The first-order valence-electron chi connectivity index (χ1n) is 9.34. The average molecular weight is 1070 g/mol. The van der Waals surface area contributed by atoms with Gasteiger partial charge in [-0.1, -0.05) is 52.9 Å². The van der Waals surface area contributed by atoms with Crippen molar-refractivity contribution in [1.29, 1.82) is 0 Å². The normalized spacial score (nSPS) is 13.1. The van der Waals surface area contributed by atoms with Crippen LogP contribution in [-0.4, -0.2) is 11.2 Å². The standard InChI is InChI=1S/C21H8Br9N3O3/c22-8-1-11(25)19(12(26)2-8)34-17-7-18(35-20-13(27)3-9(23)4-14(20)28)32-33(31-17)36-21-15(29)5-10(24)6-16(21)30/h1-7,31H. The van der Waals surface area contributed by atoms with Crippen LogP contribution < -0.4 is 19.7 Å². The molecule has 1 aliphatic rings. The van der Waals surface area contributed by atoms with Crippen LogP contribution in [0, 0.1) is 0 Å². The van der Waals surface area contributed by atoms with Gasteiger partial charge in [0.1, 0.15) is 0 Å². The maximum Gasteiger partial charge on any atom is 0.247 e. The highest BCUT2D eigenvalue weighted by atomic mass is 79.9. The van der Waals surface area contributed by atoms with Gasteiger partial charge in [-0.2, -0.15) is 0 Å². The molecule has 0 atom stereocenters. The SMILES string of the molecule is Brc1cc(Br)c(OC2=CC(Oc3c(Br)cc(Br)cc3Br)=NN(Oc3c(Br)cc(Br)cc3Br)N2)c(Br)c1. The lowest BCUT2D eigenvalue weighted by Crippen LogP contribution is -2.42. The molecule has 0 aliphatic carbocycles. The first-order valence-corrected chi connectivity index (χ1v) is 16.5. The molecule has 0 radical (unpaired) electrons. The molecule has 4 rings (SSSR count). The Hall–Kier alpha value is 0.390. The van der Waals surface area contributed by atoms with Crippen LogP contribution >= 0.6 is 143 Å². The second kappa shape index (κ2) is 12.7. The van der Waals surface area contributed by atoms with Gasteiger partial charge in [0, 0.05) is 13.4 Å². The molecule has 15 heteroatoms. The molecule has 36 heavy (non-hydrogen) atoms. The van der Waals surface area contributed by atoms with Gasteiger partial charge in [-0.15, -0.1) is 0 Å². The molecule has 1 heterocycles. The highest BCUT2D eigenvalue weighted by molar-refractivity contribution is 9.12. The summed E-state index contributed by atoms with van der Waals surface area (Å²) in [5, 5.41) is 5.58. The third kappa shape index (κ3) is 7.32. The molecule has 0 amide bonds. The molecule has 3 aromatic carbocycles. The van der Waals surface area contributed by atoms with Gasteiger partial charge in [-0.3, -0.25) is 0 Å². The van der Waals surface area contributed by atoms with Crippen molar-refractivity contribution in [3.63, 3.8) is 0 Å². The largest absolute Gasteiger partial charge is 0.437 e. The molecule has 0 spiro atoms. The van der Waals surface area contributed by atoms with Crippen molar-refractivity contribution in [3.05, 3.63) is 88.6 Å². The molecule has 3 aromatic rings. The Kier molecular flexibility index (Phi) is 10.4. The minimum absolute atomic E-state index is 0.196. The lowest BCUT2D eigenvalue weighted by molar-refractivity contribution is -0.108. The summed E-state index contributed by atoms with van der Waals surface area (Å²) >= 11 is 31.5. The van der Waals surface area contributed by atoms with Crippen LogP contribution in [0.5, 0.6) is 17.2 Å². The van der Waals surface area contributed by atoms with Gasteiger partial charge < -0.3 is 14.3 Å². The van der Waals surface area contributed by atoms with Crippen LogP contribution in [-0.2, 0) is 0 Å². The predicted molar refractivity (Wildman–Crippen MR) is 171 cm³/mol. The van der Waals surface area contributed by atoms with Crippen LogP contribution in [0.1, 0.15) is 0 Å². The monoisotopic (exact) mass is 1060 g/mol. The van der Waals surface area contributed by atoms with E-state index in [-0.39, 0.29) is 11.8 Å². The van der Waals surface area contributed by atoms with Gasteiger partial charge >= 0.3 is 0 Å². The van der Waals surface area contributed by atoms with E-state index in [4.69, 9.17) is 14.3 Å². The smallest absolute Gasteiger partial charge is 0.247 e. The lowest BCUT2D eigenvalue weighted by Gasteiger charge is -2.27. The molecule has 0 fully saturated rings. The third-order valence-electron chi connectivity index (χ3n) is 4.14. The maximum absolute atomic E-state index is 6.16. The van der Waals surface area contributed by atoms with Crippen LogP contribution in [0.3, 0.4) is 0 Å². The molecule has 0 bridgehead atoms. The van der Waals surface area contributed by atoms with Crippen molar-refractivity contribution in [3.8, 4) is 17.2 Å². The molecule has 1 aliphatic heterocycles. The second-order valence-corrected chi connectivity index (χ2v) is 14.6. The highest BCUT2D eigenvalue weighted by Crippen LogP contribution is 2.40. The Morgan fingerprint density at radius 2 is 0.944 bits per heavy atom. The zero-order chi connectivity index (χ0) is 26.1. The van der Waals surface area contributed by atoms with Gasteiger partial charge in [0.05, 0.1) is 32.9 Å². The van der Waals surface area contributed by atoms with Crippen LogP contribution in [0.15, 0.2) is 93.7 Å². The fourth-order valence-corrected chi connectivity index (χ4v) is 9.94. The number of benzene rings is 3. The number of hydrazine groups is 1. The van der Waals surface area contributed by atoms with Crippen molar-refractivity contribution < 1.29 is 14.3 Å². The summed E-state index contributed by atoms with van der Waals surface area (Å²) in [6, 6.07) is 11.2. The van der Waals surface area contributed by atoms with Crippen molar-refractivity contribution in [2.24, 2.45) is 5.10 Å². The van der Waals surface area contributed by atoms with E-state index in [1.807, 2.05) is 36.4 Å². The van der Waals surface area contributed by atoms with Crippen LogP contribution in [0.4, 0.5) is 0 Å². The van der Waals surface area contributed by atoms with E-state index in [1.54, 1.807) is 6.08 Å². The Balaban J connectivity index is 1.70. The van der Waals surface area contributed by atoms with Gasteiger partial charge in [0.25, 0.3) is 0 Å². The van der Waals surface area contributed by atoms with Gasteiger partial charge in [0.15, 0.2) is 17.2 Å². The van der Waals surface area contributed by atoms with E-state index >= 15 is 0 Å². The number of ether oxygens (including phenoxy) is 2. The zero-order valence-electron chi connectivity index (χ0n) is 17.1. The molecule has 0 aromatic heterocycles. The van der Waals surface area contributed by atoms with Gasteiger partial charge in [-0.05, 0) is 137 Å². The molecule has 1 N–H and O–H groups in total. The minimum atomic E-state index is 0.196. The number of hydrogen-bond acceptors (Lipinski definition) is 6. The molecule has 0 saturated carbocycles. The number of hydrogen-bond donors (Lipinski definition) is 1. The highest BCUT2D eigenvalue weighted by Gasteiger charge is 2.23. The summed E-state index contributed by atoms with van der Waals surface area (Å²) in [4.78, 5) is 6.02. The van der Waals surface area contributed by atoms with Gasteiger partial charge in [-0.25, -0.2) is 5.43 Å². The Labute approximate surface area is 281 Å². The van der Waals surface area contributed by atoms with Crippen LogP contribution in [0.25, 0.3) is 0 Å². The maximum atomic E-state index is 6.16. The number of nitrogens with zero attached hydrogens (tertiary/aromatic N) is 2. The Morgan fingerprint density at radius 1 is 0.556 bits per heavy atom. The van der Waals surface area contributed by atoms with E-state index < -0.39 is 0 Å². The zero-order valence-corrected chi connectivity index (χ0v) is 31.3. The second-order valence-electron chi connectivity index (χ2n) is 6.72. The summed E-state index contributed by atoms with van der Waals surface area (Å²) in [6.07, 6.45) is 1.60. The van der Waals surface area contributed by atoms with Crippen molar-refractivity contribution >= 4 is 149 Å². The number of hydrazone groups is 1. The van der Waals surface area contributed by atoms with E-state index in [0.29, 0.717) is 35.1 Å². The number of rotatable bonds is 5. The summed E-state index contributed by atoms with van der Waals surface area (Å²) < 4.78 is 19.2. The van der Waals surface area contributed by atoms with Crippen LogP contribution in [0.2, 0.25) is 0 Å². The molecular weight excluding hydrogens is 1060 g/mol. The average Bonchev–Trinajstić information content (AvgIpc) is 2.76. The molecule has 0 unspecified atom stereocenters. The van der Waals surface area contributed by atoms with Crippen molar-refractivity contribution in [2.45, 2.75) is 0 Å². The van der Waals surface area contributed by atoms with Crippen molar-refractivity contribution in [1.82, 2.24) is 10.7 Å². The summed E-state index contributed by atoms with van der Waals surface area (Å²) in [5.41, 5.74) is 2.99. The first kappa shape index (κ1) is 29.4. The molecule has 0 saturated heterocycles. The minimum Gasteiger partial charge on any atom is -0.437 e. The molecule has 188 valence electrons. The summed E-state index contributed by atoms with van der Waals surface area (Å²) in [7, 11) is 0. The first-order chi connectivity index (χ1) is 17.0. The molecular formula is C21H8Br9N3O3. The predicted octanol–water partition coefficient (Wildman–Crippen LogP) is 11.0. The van der Waals surface area contributed by atoms with E-state index in [2.05, 4.69) is 154 Å². The van der Waals surface area contributed by atoms with Gasteiger partial charge in [0.2, 0.25) is 11.8 Å². The van der Waals surface area contributed by atoms with Crippen molar-refractivity contribution in [2.75, 3.05) is 0 Å². The number of halogens is 9. The van der Waals surface area contributed by atoms with E-state index in [9.17, 15) is 0 Å². The summed E-state index contributed by atoms with van der Waals surface area (Å²) in [5.74, 6) is 2.02.